The Balaban J connectivity index is 1.55. The van der Waals surface area contributed by atoms with Crippen LogP contribution in [-0.2, 0) is 12.8 Å². The molecule has 3 N–H and O–H groups in total. The summed E-state index contributed by atoms with van der Waals surface area (Å²) in [5.41, 5.74) is 4.25. The van der Waals surface area contributed by atoms with E-state index in [0.717, 1.165) is 30.5 Å². The van der Waals surface area contributed by atoms with E-state index in [0.29, 0.717) is 11.3 Å². The number of carboxylic acid groups (broad SMARTS) is 2. The van der Waals surface area contributed by atoms with Crippen LogP contribution in [0.3, 0.4) is 0 Å². The molecule has 0 aromatic heterocycles. The minimum Gasteiger partial charge on any atom is -0.478 e. The van der Waals surface area contributed by atoms with Crippen LogP contribution in [0.1, 0.15) is 38.3 Å². The maximum Gasteiger partial charge on any atom is 0.337 e. The third-order valence-corrected chi connectivity index (χ3v) is 4.52. The van der Waals surface area contributed by atoms with E-state index in [9.17, 15) is 14.7 Å². The van der Waals surface area contributed by atoms with E-state index >= 15 is 0 Å². The van der Waals surface area contributed by atoms with Crippen molar-refractivity contribution >= 4 is 23.3 Å². The van der Waals surface area contributed by atoms with Crippen molar-refractivity contribution in [2.75, 3.05) is 5.32 Å². The molecule has 0 unspecified atom stereocenters. The zero-order valence-electron chi connectivity index (χ0n) is 15.3. The Morgan fingerprint density at radius 3 is 1.86 bits per heavy atom. The SMILES string of the molecule is O=C(O)c1ccc(CCCc2ccc(Nc3ccccc3C(=O)O)cc2)cc1. The second-order valence-corrected chi connectivity index (χ2v) is 6.53. The van der Waals surface area contributed by atoms with Crippen LogP contribution >= 0.6 is 0 Å². The lowest BCUT2D eigenvalue weighted by molar-refractivity contribution is 0.0686. The van der Waals surface area contributed by atoms with E-state index in [1.165, 1.54) is 5.56 Å². The predicted molar refractivity (Wildman–Crippen MR) is 109 cm³/mol. The average Bonchev–Trinajstić information content (AvgIpc) is 2.70. The van der Waals surface area contributed by atoms with Crippen molar-refractivity contribution < 1.29 is 19.8 Å². The lowest BCUT2D eigenvalue weighted by Gasteiger charge is -2.10. The van der Waals surface area contributed by atoms with Crippen molar-refractivity contribution in [2.24, 2.45) is 0 Å². The number of rotatable bonds is 8. The summed E-state index contributed by atoms with van der Waals surface area (Å²) in [6.45, 7) is 0. The van der Waals surface area contributed by atoms with Crippen LogP contribution in [0.2, 0.25) is 0 Å². The van der Waals surface area contributed by atoms with E-state index in [1.807, 2.05) is 36.4 Å². The highest BCUT2D eigenvalue weighted by molar-refractivity contribution is 5.95. The fraction of sp³-hybridized carbons (Fsp3) is 0.130. The molecule has 0 aliphatic rings. The molecule has 5 nitrogen and oxygen atoms in total. The zero-order valence-corrected chi connectivity index (χ0v) is 15.3. The highest BCUT2D eigenvalue weighted by Gasteiger charge is 2.09. The van der Waals surface area contributed by atoms with Crippen molar-refractivity contribution in [1.82, 2.24) is 0 Å². The maximum absolute atomic E-state index is 11.3. The maximum atomic E-state index is 11.3. The van der Waals surface area contributed by atoms with Crippen LogP contribution in [0.25, 0.3) is 0 Å². The number of benzene rings is 3. The molecule has 0 atom stereocenters. The number of hydrogen-bond donors (Lipinski definition) is 3. The van der Waals surface area contributed by atoms with Crippen molar-refractivity contribution in [1.29, 1.82) is 0 Å². The van der Waals surface area contributed by atoms with Gasteiger partial charge in [0.05, 0.1) is 16.8 Å². The Bertz CT molecular complexity index is 963. The summed E-state index contributed by atoms with van der Waals surface area (Å²) in [6.07, 6.45) is 2.75. The standard InChI is InChI=1S/C23H21NO4/c25-22(26)18-12-8-16(9-13-18)4-3-5-17-10-14-19(15-11-17)24-21-7-2-1-6-20(21)23(27)28/h1-2,6-15,24H,3-5H2,(H,25,26)(H,27,28). The topological polar surface area (TPSA) is 86.6 Å². The molecule has 0 fully saturated rings. The molecule has 0 spiro atoms. The minimum absolute atomic E-state index is 0.237. The number of carbonyl (C=O) groups is 2. The number of carboxylic acids is 2. The number of hydrogen-bond acceptors (Lipinski definition) is 3. The number of aromatic carboxylic acids is 2. The van der Waals surface area contributed by atoms with E-state index in [2.05, 4.69) is 5.32 Å². The first-order valence-corrected chi connectivity index (χ1v) is 9.03. The number of para-hydroxylation sites is 1. The number of aryl methyl sites for hydroxylation is 2. The second kappa shape index (κ2) is 8.86. The Morgan fingerprint density at radius 1 is 0.714 bits per heavy atom. The summed E-state index contributed by atoms with van der Waals surface area (Å²) in [7, 11) is 0. The normalized spacial score (nSPS) is 10.4. The van der Waals surface area contributed by atoms with Crippen LogP contribution in [0.5, 0.6) is 0 Å². The summed E-state index contributed by atoms with van der Waals surface area (Å²) in [4.78, 5) is 22.2. The van der Waals surface area contributed by atoms with Gasteiger partial charge in [0.1, 0.15) is 0 Å². The molecule has 142 valence electrons. The Hall–Kier alpha value is -3.60. The number of anilines is 2. The van der Waals surface area contributed by atoms with Gasteiger partial charge in [0.15, 0.2) is 0 Å². The van der Waals surface area contributed by atoms with E-state index in [-0.39, 0.29) is 5.56 Å². The van der Waals surface area contributed by atoms with Gasteiger partial charge in [0.2, 0.25) is 0 Å². The van der Waals surface area contributed by atoms with Crippen molar-refractivity contribution in [2.45, 2.75) is 19.3 Å². The van der Waals surface area contributed by atoms with E-state index < -0.39 is 11.9 Å². The molecule has 0 amide bonds. The molecule has 0 heterocycles. The predicted octanol–water partition coefficient (Wildman–Crippen LogP) is 5.00. The van der Waals surface area contributed by atoms with Gasteiger partial charge in [0.25, 0.3) is 0 Å². The Kier molecular flexibility index (Phi) is 6.07. The first-order chi connectivity index (χ1) is 13.5. The van der Waals surface area contributed by atoms with E-state index in [4.69, 9.17) is 5.11 Å². The summed E-state index contributed by atoms with van der Waals surface area (Å²) in [6, 6.07) is 21.7. The highest BCUT2D eigenvalue weighted by atomic mass is 16.4. The molecule has 0 aliphatic heterocycles. The summed E-state index contributed by atoms with van der Waals surface area (Å²) < 4.78 is 0. The fourth-order valence-electron chi connectivity index (χ4n) is 3.00. The molecule has 28 heavy (non-hydrogen) atoms. The smallest absolute Gasteiger partial charge is 0.337 e. The minimum atomic E-state index is -0.962. The molecule has 3 aromatic rings. The van der Waals surface area contributed by atoms with Crippen LogP contribution in [-0.4, -0.2) is 22.2 Å². The van der Waals surface area contributed by atoms with Crippen LogP contribution < -0.4 is 5.32 Å². The molecular formula is C23H21NO4. The third kappa shape index (κ3) is 4.98. The van der Waals surface area contributed by atoms with Gasteiger partial charge in [-0.15, -0.1) is 0 Å². The molecular weight excluding hydrogens is 354 g/mol. The Morgan fingerprint density at radius 2 is 1.29 bits per heavy atom. The van der Waals surface area contributed by atoms with Gasteiger partial charge >= 0.3 is 11.9 Å². The largest absolute Gasteiger partial charge is 0.478 e. The van der Waals surface area contributed by atoms with Gasteiger partial charge in [-0.1, -0.05) is 36.4 Å². The van der Waals surface area contributed by atoms with Gasteiger partial charge in [-0.2, -0.15) is 0 Å². The first-order valence-electron chi connectivity index (χ1n) is 9.03. The summed E-state index contributed by atoms with van der Waals surface area (Å²) in [5, 5.41) is 21.3. The van der Waals surface area contributed by atoms with Crippen LogP contribution in [0.15, 0.2) is 72.8 Å². The first kappa shape index (κ1) is 19.2. The van der Waals surface area contributed by atoms with E-state index in [1.54, 1.807) is 36.4 Å². The van der Waals surface area contributed by atoms with Gasteiger partial charge < -0.3 is 15.5 Å². The highest BCUT2D eigenvalue weighted by Crippen LogP contribution is 2.21. The average molecular weight is 375 g/mol. The van der Waals surface area contributed by atoms with Gasteiger partial charge in [-0.3, -0.25) is 0 Å². The van der Waals surface area contributed by atoms with Crippen LogP contribution in [0.4, 0.5) is 11.4 Å². The lowest BCUT2D eigenvalue weighted by Crippen LogP contribution is -2.02. The summed E-state index contributed by atoms with van der Waals surface area (Å²) in [5.74, 6) is -1.87. The second-order valence-electron chi connectivity index (χ2n) is 6.53. The van der Waals surface area contributed by atoms with Crippen molar-refractivity contribution in [3.63, 3.8) is 0 Å². The quantitative estimate of drug-likeness (QED) is 0.516. The molecule has 5 heteroatoms. The molecule has 0 aliphatic carbocycles. The third-order valence-electron chi connectivity index (χ3n) is 4.52. The van der Waals surface area contributed by atoms with Gasteiger partial charge in [0, 0.05) is 5.69 Å². The Labute approximate surface area is 163 Å². The molecule has 3 aromatic carbocycles. The summed E-state index contributed by atoms with van der Waals surface area (Å²) >= 11 is 0. The van der Waals surface area contributed by atoms with Gasteiger partial charge in [-0.05, 0) is 66.8 Å². The molecule has 0 saturated heterocycles. The van der Waals surface area contributed by atoms with Gasteiger partial charge in [-0.25, -0.2) is 9.59 Å². The molecule has 0 radical (unpaired) electrons. The fourth-order valence-corrected chi connectivity index (χ4v) is 3.00. The number of nitrogens with one attached hydrogen (secondary N) is 1. The van der Waals surface area contributed by atoms with Crippen molar-refractivity contribution in [3.8, 4) is 0 Å². The monoisotopic (exact) mass is 375 g/mol. The van der Waals surface area contributed by atoms with Crippen molar-refractivity contribution in [3.05, 3.63) is 95.1 Å². The van der Waals surface area contributed by atoms with Crippen LogP contribution in [0, 0.1) is 0 Å². The lowest BCUT2D eigenvalue weighted by atomic mass is 10.0. The molecule has 3 rings (SSSR count). The zero-order chi connectivity index (χ0) is 19.9. The molecule has 0 saturated carbocycles. The molecule has 0 bridgehead atoms.